The molecule has 0 amide bonds. The van der Waals surface area contributed by atoms with Crippen LogP contribution < -0.4 is 0 Å². The van der Waals surface area contributed by atoms with Gasteiger partial charge in [-0.15, -0.1) is 0 Å². The third-order valence-corrected chi connectivity index (χ3v) is 11.3. The fraction of sp³-hybridized carbons (Fsp3) is 1.00. The molecule has 8 nitrogen and oxygen atoms in total. The number of aliphatic hydroxyl groups excluding tert-OH is 7. The van der Waals surface area contributed by atoms with Gasteiger partial charge in [-0.3, -0.25) is 0 Å². The normalized spacial score (nSPS) is 55.5. The van der Waals surface area contributed by atoms with Crippen molar-refractivity contribution in [2.45, 2.75) is 115 Å². The van der Waals surface area contributed by atoms with Gasteiger partial charge in [0, 0.05) is 18.4 Å². The summed E-state index contributed by atoms with van der Waals surface area (Å²) in [5, 5.41) is 88.0. The first-order valence-electron chi connectivity index (χ1n) is 13.7. The summed E-state index contributed by atoms with van der Waals surface area (Å²) >= 11 is 0. The Hall–Kier alpha value is -0.320. The molecule has 35 heavy (non-hydrogen) atoms. The van der Waals surface area contributed by atoms with Gasteiger partial charge in [0.15, 0.2) is 0 Å². The zero-order chi connectivity index (χ0) is 26.1. The number of hydrogen-bond donors (Lipinski definition) is 8. The van der Waals surface area contributed by atoms with Gasteiger partial charge in [-0.1, -0.05) is 40.5 Å². The van der Waals surface area contributed by atoms with Gasteiger partial charge < -0.3 is 40.9 Å². The second-order valence-electron chi connectivity index (χ2n) is 13.2. The Labute approximate surface area is 209 Å². The molecular formula is C27H48O8. The van der Waals surface area contributed by atoms with Crippen molar-refractivity contribution in [3.63, 3.8) is 0 Å². The molecule has 15 atom stereocenters. The fourth-order valence-electron chi connectivity index (χ4n) is 9.61. The van der Waals surface area contributed by atoms with Crippen LogP contribution in [0.25, 0.3) is 0 Å². The Morgan fingerprint density at radius 3 is 2.06 bits per heavy atom. The lowest BCUT2D eigenvalue weighted by Crippen LogP contribution is -2.76. The first-order chi connectivity index (χ1) is 16.3. The lowest BCUT2D eigenvalue weighted by molar-refractivity contribution is -0.322. The van der Waals surface area contributed by atoms with E-state index in [-0.39, 0.29) is 24.4 Å². The SMILES string of the molecule is C[C@H](CO)CCC[C@@H](C)[C@H]1[C@@H](O)[C@@H](O)C2[C@@]3(O)C(CC[C@@]21C)[C@@]1(C)CC[C@H](O)[C@H](O)C1[C@@H](O)[C@H]3O. The van der Waals surface area contributed by atoms with Crippen molar-refractivity contribution < 1.29 is 40.9 Å². The van der Waals surface area contributed by atoms with E-state index in [4.69, 9.17) is 0 Å². The Kier molecular flexibility index (Phi) is 7.48. The second-order valence-corrected chi connectivity index (χ2v) is 13.2. The molecule has 8 heteroatoms. The molecular weight excluding hydrogens is 452 g/mol. The Morgan fingerprint density at radius 2 is 1.43 bits per heavy atom. The minimum Gasteiger partial charge on any atom is -0.396 e. The Balaban J connectivity index is 1.67. The highest BCUT2D eigenvalue weighted by Gasteiger charge is 2.76. The lowest BCUT2D eigenvalue weighted by atomic mass is 9.40. The highest BCUT2D eigenvalue weighted by atomic mass is 16.4. The van der Waals surface area contributed by atoms with Crippen molar-refractivity contribution in [2.75, 3.05) is 6.61 Å². The molecule has 0 spiro atoms. The molecule has 4 aliphatic carbocycles. The van der Waals surface area contributed by atoms with Crippen LogP contribution >= 0.6 is 0 Å². The van der Waals surface area contributed by atoms with Crippen molar-refractivity contribution in [3.05, 3.63) is 0 Å². The fourth-order valence-corrected chi connectivity index (χ4v) is 9.61. The van der Waals surface area contributed by atoms with Crippen LogP contribution in [0.4, 0.5) is 0 Å². The third-order valence-electron chi connectivity index (χ3n) is 11.3. The van der Waals surface area contributed by atoms with Gasteiger partial charge in [0.1, 0.15) is 11.7 Å². The van der Waals surface area contributed by atoms with Crippen molar-refractivity contribution in [1.82, 2.24) is 0 Å². The van der Waals surface area contributed by atoms with Crippen LogP contribution in [0, 0.1) is 46.3 Å². The maximum Gasteiger partial charge on any atom is 0.110 e. The van der Waals surface area contributed by atoms with E-state index < -0.39 is 70.8 Å². The van der Waals surface area contributed by atoms with Crippen LogP contribution in [0.15, 0.2) is 0 Å². The molecule has 0 aromatic rings. The quantitative estimate of drug-likeness (QED) is 0.260. The molecule has 204 valence electrons. The van der Waals surface area contributed by atoms with Gasteiger partial charge in [-0.25, -0.2) is 0 Å². The molecule has 0 bridgehead atoms. The summed E-state index contributed by atoms with van der Waals surface area (Å²) in [7, 11) is 0. The van der Waals surface area contributed by atoms with Crippen molar-refractivity contribution in [2.24, 2.45) is 46.3 Å². The molecule has 4 rings (SSSR count). The molecule has 8 N–H and O–H groups in total. The molecule has 4 fully saturated rings. The maximum absolute atomic E-state index is 12.3. The van der Waals surface area contributed by atoms with E-state index in [0.29, 0.717) is 25.7 Å². The highest BCUT2D eigenvalue weighted by Crippen LogP contribution is 2.69. The molecule has 0 heterocycles. The van der Waals surface area contributed by atoms with Gasteiger partial charge in [0.05, 0.1) is 30.5 Å². The first-order valence-corrected chi connectivity index (χ1v) is 13.7. The molecule has 0 saturated heterocycles. The highest BCUT2D eigenvalue weighted by molar-refractivity contribution is 5.25. The molecule has 4 aliphatic rings. The molecule has 0 aromatic carbocycles. The summed E-state index contributed by atoms with van der Waals surface area (Å²) in [5.74, 6) is -2.15. The molecule has 3 unspecified atom stereocenters. The van der Waals surface area contributed by atoms with E-state index in [1.807, 2.05) is 20.8 Å². The average molecular weight is 501 g/mol. The van der Waals surface area contributed by atoms with Crippen molar-refractivity contribution in [3.8, 4) is 0 Å². The van der Waals surface area contributed by atoms with E-state index in [2.05, 4.69) is 6.92 Å². The van der Waals surface area contributed by atoms with E-state index >= 15 is 0 Å². The molecule has 4 saturated carbocycles. The Morgan fingerprint density at radius 1 is 0.800 bits per heavy atom. The smallest absolute Gasteiger partial charge is 0.110 e. The minimum atomic E-state index is -1.83. The number of rotatable bonds is 6. The standard InChI is InChI=1S/C27H48O8/c1-13(12-28)6-5-7-14(2)17-20(31)22(33)23-26(17,4)11-9-16-25(3)10-8-15(29)19(30)18(25)21(32)24(34)27(16,23)35/h13-24,28-35H,5-12H2,1-4H3/t13-,14+,15-,16?,17-,18?,19-,20+,21+,22+,23?,24+,25+,26+,27-/m0/s1. The number of hydrogen-bond acceptors (Lipinski definition) is 8. The largest absolute Gasteiger partial charge is 0.396 e. The third kappa shape index (κ3) is 3.85. The summed E-state index contributed by atoms with van der Waals surface area (Å²) in [6, 6.07) is 0. The lowest BCUT2D eigenvalue weighted by Gasteiger charge is -2.67. The van der Waals surface area contributed by atoms with Crippen LogP contribution in [0.2, 0.25) is 0 Å². The zero-order valence-electron chi connectivity index (χ0n) is 21.7. The van der Waals surface area contributed by atoms with Gasteiger partial charge >= 0.3 is 0 Å². The van der Waals surface area contributed by atoms with Crippen molar-refractivity contribution >= 4 is 0 Å². The van der Waals surface area contributed by atoms with Gasteiger partial charge in [-0.2, -0.15) is 0 Å². The van der Waals surface area contributed by atoms with E-state index in [1.54, 1.807) is 0 Å². The summed E-state index contributed by atoms with van der Waals surface area (Å²) in [6.45, 7) is 8.11. The summed E-state index contributed by atoms with van der Waals surface area (Å²) < 4.78 is 0. The molecule has 0 aliphatic heterocycles. The topological polar surface area (TPSA) is 162 Å². The predicted octanol–water partition coefficient (Wildman–Crippen LogP) is 0.410. The van der Waals surface area contributed by atoms with E-state index in [9.17, 15) is 40.9 Å². The molecule has 0 aromatic heterocycles. The molecule has 0 radical (unpaired) electrons. The van der Waals surface area contributed by atoms with Crippen molar-refractivity contribution in [1.29, 1.82) is 0 Å². The summed E-state index contributed by atoms with van der Waals surface area (Å²) in [6.07, 6.45) is -3.02. The maximum atomic E-state index is 12.3. The van der Waals surface area contributed by atoms with Crippen LogP contribution in [0.5, 0.6) is 0 Å². The van der Waals surface area contributed by atoms with E-state index in [1.165, 1.54) is 0 Å². The van der Waals surface area contributed by atoms with Gasteiger partial charge in [0.2, 0.25) is 0 Å². The minimum absolute atomic E-state index is 0.0568. The number of aliphatic hydroxyl groups is 8. The number of fused-ring (bicyclic) bond motifs is 5. The summed E-state index contributed by atoms with van der Waals surface area (Å²) in [4.78, 5) is 0. The van der Waals surface area contributed by atoms with Crippen LogP contribution in [0.3, 0.4) is 0 Å². The first kappa shape index (κ1) is 27.7. The monoisotopic (exact) mass is 500 g/mol. The predicted molar refractivity (Wildman–Crippen MR) is 129 cm³/mol. The Bertz CT molecular complexity index is 765. The zero-order valence-corrected chi connectivity index (χ0v) is 21.7. The van der Waals surface area contributed by atoms with E-state index in [0.717, 1.165) is 19.3 Å². The van der Waals surface area contributed by atoms with Crippen LogP contribution in [-0.4, -0.2) is 89.7 Å². The van der Waals surface area contributed by atoms with Crippen LogP contribution in [-0.2, 0) is 0 Å². The second kappa shape index (κ2) is 9.45. The van der Waals surface area contributed by atoms with Gasteiger partial charge in [0.25, 0.3) is 0 Å². The van der Waals surface area contributed by atoms with Crippen LogP contribution in [0.1, 0.15) is 72.6 Å². The van der Waals surface area contributed by atoms with Gasteiger partial charge in [-0.05, 0) is 66.6 Å². The summed E-state index contributed by atoms with van der Waals surface area (Å²) in [5.41, 5.74) is -3.22. The average Bonchev–Trinajstić information content (AvgIpc) is 3.00.